The van der Waals surface area contributed by atoms with Crippen LogP contribution in [0.1, 0.15) is 20.3 Å². The summed E-state index contributed by atoms with van der Waals surface area (Å²) in [6.45, 7) is 3.38. The van der Waals surface area contributed by atoms with E-state index in [1.807, 2.05) is 6.07 Å². The first-order valence-electron chi connectivity index (χ1n) is 5.45. The normalized spacial score (nSPS) is 15.2. The second-order valence-corrected chi connectivity index (χ2v) is 4.42. The number of nitrogens with zero attached hydrogens (tertiary/aromatic N) is 2. The Hall–Kier alpha value is -2.13. The van der Waals surface area contributed by atoms with Crippen LogP contribution in [0.4, 0.5) is 5.69 Å². The zero-order valence-electron chi connectivity index (χ0n) is 10.3. The third kappa shape index (κ3) is 4.03. The Bertz CT molecular complexity index is 480. The highest BCUT2D eigenvalue weighted by Crippen LogP contribution is 2.21. The fourth-order valence-electron chi connectivity index (χ4n) is 1.59. The number of nitro benzene ring substituents is 1. The molecule has 0 fully saturated rings. The first kappa shape index (κ1) is 13.9. The monoisotopic (exact) mass is 249 g/mol. The second-order valence-electron chi connectivity index (χ2n) is 4.42. The minimum atomic E-state index is -0.972. The highest BCUT2D eigenvalue weighted by Gasteiger charge is 2.22. The molecule has 96 valence electrons. The zero-order chi connectivity index (χ0) is 13.8. The van der Waals surface area contributed by atoms with Gasteiger partial charge < -0.3 is 10.5 Å². The molecular formula is C12H15N3O3. The van der Waals surface area contributed by atoms with Crippen LogP contribution in [0.15, 0.2) is 24.3 Å². The lowest BCUT2D eigenvalue weighted by Crippen LogP contribution is -2.38. The van der Waals surface area contributed by atoms with Crippen LogP contribution in [0.25, 0.3) is 0 Å². The van der Waals surface area contributed by atoms with Gasteiger partial charge in [0.05, 0.1) is 23.2 Å². The number of hydrogen-bond acceptors (Lipinski definition) is 5. The molecule has 0 spiro atoms. The summed E-state index contributed by atoms with van der Waals surface area (Å²) in [7, 11) is 0. The maximum Gasteiger partial charge on any atom is 0.273 e. The Labute approximate surface area is 105 Å². The number of nitriles is 1. The van der Waals surface area contributed by atoms with Crippen molar-refractivity contribution in [1.82, 2.24) is 0 Å². The van der Waals surface area contributed by atoms with Crippen LogP contribution in [-0.4, -0.2) is 16.6 Å². The Kier molecular flexibility index (Phi) is 4.23. The lowest BCUT2D eigenvalue weighted by molar-refractivity contribution is -0.384. The number of rotatable bonds is 5. The fraction of sp³-hybridized carbons (Fsp3) is 0.417. The van der Waals surface area contributed by atoms with E-state index in [1.165, 1.54) is 12.1 Å². The summed E-state index contributed by atoms with van der Waals surface area (Å²) in [4.78, 5) is 10.1. The minimum Gasteiger partial charge on any atom is -0.490 e. The Morgan fingerprint density at radius 3 is 2.89 bits per heavy atom. The number of benzene rings is 1. The number of non-ortho nitro benzene ring substituents is 1. The van der Waals surface area contributed by atoms with Gasteiger partial charge in [0.15, 0.2) is 0 Å². The van der Waals surface area contributed by atoms with E-state index in [0.29, 0.717) is 12.2 Å². The van der Waals surface area contributed by atoms with E-state index in [-0.39, 0.29) is 11.8 Å². The molecule has 2 N–H and O–H groups in total. The number of ether oxygens (including phenoxy) is 1. The lowest BCUT2D eigenvalue weighted by atomic mass is 9.98. The smallest absolute Gasteiger partial charge is 0.273 e. The third-order valence-corrected chi connectivity index (χ3v) is 2.33. The molecule has 18 heavy (non-hydrogen) atoms. The lowest BCUT2D eigenvalue weighted by Gasteiger charge is -2.21. The van der Waals surface area contributed by atoms with Crippen molar-refractivity contribution in [2.24, 2.45) is 5.73 Å². The van der Waals surface area contributed by atoms with Gasteiger partial charge in [0, 0.05) is 12.5 Å². The van der Waals surface area contributed by atoms with Crippen molar-refractivity contribution >= 4 is 5.69 Å². The van der Waals surface area contributed by atoms with Crippen LogP contribution in [-0.2, 0) is 0 Å². The first-order valence-corrected chi connectivity index (χ1v) is 5.45. The molecule has 0 heterocycles. The minimum absolute atomic E-state index is 0.0320. The summed E-state index contributed by atoms with van der Waals surface area (Å²) < 4.78 is 5.51. The second kappa shape index (κ2) is 5.47. The summed E-state index contributed by atoms with van der Waals surface area (Å²) in [6.07, 6.45) is 0.0355. The summed E-state index contributed by atoms with van der Waals surface area (Å²) in [5.41, 5.74) is 4.70. The van der Waals surface area contributed by atoms with Crippen molar-refractivity contribution in [3.05, 3.63) is 34.4 Å². The highest BCUT2D eigenvalue weighted by molar-refractivity contribution is 5.38. The molecule has 2 unspecified atom stereocenters. The van der Waals surface area contributed by atoms with Gasteiger partial charge in [-0.25, -0.2) is 0 Å². The maximum absolute atomic E-state index is 10.6. The molecule has 0 radical (unpaired) electrons. The largest absolute Gasteiger partial charge is 0.490 e. The van der Waals surface area contributed by atoms with Crippen molar-refractivity contribution in [2.45, 2.75) is 31.9 Å². The van der Waals surface area contributed by atoms with Gasteiger partial charge in [-0.2, -0.15) is 5.26 Å². The molecule has 2 atom stereocenters. The Balaban J connectivity index is 2.71. The van der Waals surface area contributed by atoms with Crippen LogP contribution < -0.4 is 10.5 Å². The molecule has 6 nitrogen and oxygen atoms in total. The molecule has 0 aliphatic carbocycles. The molecule has 0 amide bonds. The average Bonchev–Trinajstić information content (AvgIpc) is 2.28. The summed E-state index contributed by atoms with van der Waals surface area (Å²) in [5.74, 6) is 0.394. The van der Waals surface area contributed by atoms with Crippen molar-refractivity contribution in [1.29, 1.82) is 5.26 Å². The fourth-order valence-corrected chi connectivity index (χ4v) is 1.59. The predicted octanol–water partition coefficient (Wildman–Crippen LogP) is 1.99. The molecule has 6 heteroatoms. The molecule has 0 aromatic heterocycles. The predicted molar refractivity (Wildman–Crippen MR) is 66.0 cm³/mol. The summed E-state index contributed by atoms with van der Waals surface area (Å²) >= 11 is 0. The summed E-state index contributed by atoms with van der Waals surface area (Å²) in [5, 5.41) is 19.4. The standard InChI is InChI=1S/C12H15N3O3/c1-9(7-12(2,14)8-13)18-11-5-3-4-10(6-11)15(16)17/h3-6,9H,7,14H2,1-2H3. The number of nitrogens with two attached hydrogens (primary N) is 1. The van der Waals surface area contributed by atoms with E-state index in [9.17, 15) is 10.1 Å². The molecule has 1 aromatic rings. The van der Waals surface area contributed by atoms with Crippen molar-refractivity contribution in [3.8, 4) is 11.8 Å². The van der Waals surface area contributed by atoms with Gasteiger partial charge in [-0.15, -0.1) is 0 Å². The SMILES string of the molecule is CC(CC(C)(N)C#N)Oc1cccc([N+](=O)[O-])c1. The molecule has 0 saturated heterocycles. The molecule has 0 aliphatic heterocycles. The van der Waals surface area contributed by atoms with E-state index in [2.05, 4.69) is 0 Å². The van der Waals surface area contributed by atoms with E-state index in [0.717, 1.165) is 0 Å². The van der Waals surface area contributed by atoms with Gasteiger partial charge in [-0.1, -0.05) is 6.07 Å². The van der Waals surface area contributed by atoms with E-state index >= 15 is 0 Å². The molecular weight excluding hydrogens is 234 g/mol. The first-order chi connectivity index (χ1) is 8.34. The maximum atomic E-state index is 10.6. The Morgan fingerprint density at radius 2 is 2.33 bits per heavy atom. The van der Waals surface area contributed by atoms with Crippen LogP contribution in [0.3, 0.4) is 0 Å². The van der Waals surface area contributed by atoms with Crippen LogP contribution in [0.5, 0.6) is 5.75 Å². The van der Waals surface area contributed by atoms with E-state index in [1.54, 1.807) is 26.0 Å². The van der Waals surface area contributed by atoms with Gasteiger partial charge in [0.2, 0.25) is 0 Å². The van der Waals surface area contributed by atoms with Gasteiger partial charge in [-0.3, -0.25) is 10.1 Å². The molecule has 0 saturated carbocycles. The van der Waals surface area contributed by atoms with Crippen molar-refractivity contribution < 1.29 is 9.66 Å². The highest BCUT2D eigenvalue weighted by atomic mass is 16.6. The number of hydrogen-bond donors (Lipinski definition) is 1. The van der Waals surface area contributed by atoms with Gasteiger partial charge in [-0.05, 0) is 19.9 Å². The van der Waals surface area contributed by atoms with E-state index in [4.69, 9.17) is 15.7 Å². The molecule has 1 rings (SSSR count). The van der Waals surface area contributed by atoms with Gasteiger partial charge >= 0.3 is 0 Å². The third-order valence-electron chi connectivity index (χ3n) is 2.33. The van der Waals surface area contributed by atoms with Crippen LogP contribution in [0.2, 0.25) is 0 Å². The average molecular weight is 249 g/mol. The van der Waals surface area contributed by atoms with Crippen molar-refractivity contribution in [2.75, 3.05) is 0 Å². The van der Waals surface area contributed by atoms with Crippen LogP contribution >= 0.6 is 0 Å². The van der Waals surface area contributed by atoms with Gasteiger partial charge in [0.25, 0.3) is 5.69 Å². The zero-order valence-corrected chi connectivity index (χ0v) is 10.3. The van der Waals surface area contributed by atoms with Crippen LogP contribution in [0, 0.1) is 21.4 Å². The Morgan fingerprint density at radius 1 is 1.67 bits per heavy atom. The molecule has 1 aromatic carbocycles. The quantitative estimate of drug-likeness (QED) is 0.635. The topological polar surface area (TPSA) is 102 Å². The van der Waals surface area contributed by atoms with Gasteiger partial charge in [0.1, 0.15) is 11.3 Å². The van der Waals surface area contributed by atoms with E-state index < -0.39 is 10.5 Å². The molecule has 0 aliphatic rings. The number of nitro groups is 1. The molecule has 0 bridgehead atoms. The van der Waals surface area contributed by atoms with Crippen molar-refractivity contribution in [3.63, 3.8) is 0 Å². The summed E-state index contributed by atoms with van der Waals surface area (Å²) in [6, 6.07) is 7.89.